The van der Waals surface area contributed by atoms with Gasteiger partial charge in [-0.25, -0.2) is 4.79 Å². The minimum atomic E-state index is -0.957. The van der Waals surface area contributed by atoms with Crippen LogP contribution in [0.2, 0.25) is 0 Å². The van der Waals surface area contributed by atoms with Gasteiger partial charge in [0.05, 0.1) is 27.0 Å². The summed E-state index contributed by atoms with van der Waals surface area (Å²) in [6.45, 7) is 0. The maximum atomic E-state index is 10.7. The van der Waals surface area contributed by atoms with Gasteiger partial charge in [0.15, 0.2) is 0 Å². The lowest BCUT2D eigenvalue weighted by Crippen LogP contribution is -2.11. The Labute approximate surface area is 152 Å². The number of amides is 1. The lowest BCUT2D eigenvalue weighted by atomic mass is 10.1. The van der Waals surface area contributed by atoms with Crippen LogP contribution in [-0.4, -0.2) is 40.9 Å². The third-order valence-corrected chi connectivity index (χ3v) is 3.24. The van der Waals surface area contributed by atoms with Crippen LogP contribution in [0.5, 0.6) is 0 Å². The molecule has 2 rings (SSSR count). The van der Waals surface area contributed by atoms with E-state index in [-0.39, 0.29) is 5.56 Å². The molecule has 11 heteroatoms. The van der Waals surface area contributed by atoms with Gasteiger partial charge in [-0.05, 0) is 24.3 Å². The SMILES string of the molecule is CN(C)c1ccc(C(=O)O)cc1.NC(=O)c1cc([N+](=O)[O-])cc([N+](=O)[O-])c1. The zero-order chi connectivity index (χ0) is 20.7. The van der Waals surface area contributed by atoms with Gasteiger partial charge in [-0.2, -0.15) is 0 Å². The van der Waals surface area contributed by atoms with Crippen molar-refractivity contribution in [2.24, 2.45) is 5.73 Å². The number of carboxylic acids is 1. The highest BCUT2D eigenvalue weighted by molar-refractivity contribution is 5.94. The van der Waals surface area contributed by atoms with Gasteiger partial charge in [-0.3, -0.25) is 25.0 Å². The first kappa shape index (κ1) is 21.0. The molecule has 0 unspecified atom stereocenters. The summed E-state index contributed by atoms with van der Waals surface area (Å²) >= 11 is 0. The number of rotatable bonds is 5. The minimum absolute atomic E-state index is 0.268. The molecule has 27 heavy (non-hydrogen) atoms. The fraction of sp³-hybridized carbons (Fsp3) is 0.125. The molecule has 3 N–H and O–H groups in total. The second kappa shape index (κ2) is 8.89. The van der Waals surface area contributed by atoms with Crippen LogP contribution in [0, 0.1) is 20.2 Å². The first-order valence-corrected chi connectivity index (χ1v) is 7.27. The molecule has 0 aliphatic rings. The maximum Gasteiger partial charge on any atom is 0.335 e. The highest BCUT2D eigenvalue weighted by Gasteiger charge is 2.18. The average molecular weight is 376 g/mol. The second-order valence-electron chi connectivity index (χ2n) is 5.36. The Balaban J connectivity index is 0.000000277. The van der Waals surface area contributed by atoms with Gasteiger partial charge in [-0.15, -0.1) is 0 Å². The van der Waals surface area contributed by atoms with E-state index < -0.39 is 33.1 Å². The van der Waals surface area contributed by atoms with E-state index in [1.807, 2.05) is 19.0 Å². The lowest BCUT2D eigenvalue weighted by Gasteiger charge is -2.11. The molecule has 0 bridgehead atoms. The molecule has 11 nitrogen and oxygen atoms in total. The molecule has 0 saturated carbocycles. The summed E-state index contributed by atoms with van der Waals surface area (Å²) < 4.78 is 0. The Hall–Kier alpha value is -4.02. The Morgan fingerprint density at radius 3 is 1.67 bits per heavy atom. The number of anilines is 1. The summed E-state index contributed by atoms with van der Waals surface area (Å²) in [4.78, 5) is 42.2. The van der Waals surface area contributed by atoms with E-state index in [9.17, 15) is 29.8 Å². The highest BCUT2D eigenvalue weighted by atomic mass is 16.6. The van der Waals surface area contributed by atoms with Crippen molar-refractivity contribution in [2.45, 2.75) is 0 Å². The number of hydrogen-bond acceptors (Lipinski definition) is 7. The van der Waals surface area contributed by atoms with Crippen molar-refractivity contribution in [1.29, 1.82) is 0 Å². The van der Waals surface area contributed by atoms with Crippen molar-refractivity contribution in [3.05, 3.63) is 73.8 Å². The largest absolute Gasteiger partial charge is 0.478 e. The van der Waals surface area contributed by atoms with Crippen LogP contribution >= 0.6 is 0 Å². The van der Waals surface area contributed by atoms with Gasteiger partial charge in [0.25, 0.3) is 11.4 Å². The Morgan fingerprint density at radius 1 is 0.926 bits per heavy atom. The molecule has 0 fully saturated rings. The first-order valence-electron chi connectivity index (χ1n) is 7.27. The lowest BCUT2D eigenvalue weighted by molar-refractivity contribution is -0.394. The predicted octanol–water partition coefficient (Wildman–Crippen LogP) is 2.05. The zero-order valence-electron chi connectivity index (χ0n) is 14.4. The van der Waals surface area contributed by atoms with Crippen molar-refractivity contribution >= 4 is 28.9 Å². The van der Waals surface area contributed by atoms with E-state index in [1.165, 1.54) is 0 Å². The number of carbonyl (C=O) groups is 2. The molecule has 0 aliphatic heterocycles. The minimum Gasteiger partial charge on any atom is -0.478 e. The quantitative estimate of drug-likeness (QED) is 0.589. The number of carboxylic acid groups (broad SMARTS) is 1. The van der Waals surface area contributed by atoms with Gasteiger partial charge in [0.1, 0.15) is 0 Å². The van der Waals surface area contributed by atoms with Gasteiger partial charge >= 0.3 is 5.97 Å². The van der Waals surface area contributed by atoms with Crippen LogP contribution < -0.4 is 10.6 Å². The topological polar surface area (TPSA) is 170 Å². The van der Waals surface area contributed by atoms with Crippen LogP contribution in [0.3, 0.4) is 0 Å². The number of nitrogens with zero attached hydrogens (tertiary/aromatic N) is 3. The molecular formula is C16H16N4O7. The number of aromatic carboxylic acids is 1. The fourth-order valence-electron chi connectivity index (χ4n) is 1.85. The molecule has 142 valence electrons. The fourth-order valence-corrected chi connectivity index (χ4v) is 1.85. The zero-order valence-corrected chi connectivity index (χ0v) is 14.4. The van der Waals surface area contributed by atoms with Gasteiger partial charge in [0.2, 0.25) is 5.91 Å². The summed E-state index contributed by atoms with van der Waals surface area (Å²) in [6, 6.07) is 9.28. The van der Waals surface area contributed by atoms with Crippen LogP contribution in [0.4, 0.5) is 17.1 Å². The molecule has 0 aliphatic carbocycles. The number of benzene rings is 2. The Kier molecular flexibility index (Phi) is 6.93. The third kappa shape index (κ3) is 6.08. The second-order valence-corrected chi connectivity index (χ2v) is 5.36. The normalized spacial score (nSPS) is 9.56. The number of primary amides is 1. The standard InChI is InChI=1S/C9H11NO2.C7H5N3O5/c1-10(2)8-5-3-7(4-6-8)9(11)12;8-7(11)4-1-5(9(12)13)3-6(2-4)10(14)15/h3-6H,1-2H3,(H,11,12);1-3H,(H2,8,11). The molecule has 0 heterocycles. The van der Waals surface area contributed by atoms with E-state index in [0.29, 0.717) is 5.56 Å². The Bertz CT molecular complexity index is 800. The first-order chi connectivity index (χ1) is 12.5. The number of nitrogens with two attached hydrogens (primary N) is 1. The Morgan fingerprint density at radius 2 is 1.37 bits per heavy atom. The molecule has 0 atom stereocenters. The van der Waals surface area contributed by atoms with E-state index in [2.05, 4.69) is 0 Å². The summed E-state index contributed by atoms with van der Waals surface area (Å²) in [6.07, 6.45) is 0. The molecule has 0 spiro atoms. The van der Waals surface area contributed by atoms with E-state index in [4.69, 9.17) is 10.8 Å². The number of hydrogen-bond donors (Lipinski definition) is 2. The van der Waals surface area contributed by atoms with Crippen molar-refractivity contribution < 1.29 is 24.5 Å². The number of carbonyl (C=O) groups excluding carboxylic acids is 1. The summed E-state index contributed by atoms with van der Waals surface area (Å²) in [5.74, 6) is -1.85. The van der Waals surface area contributed by atoms with Gasteiger partial charge < -0.3 is 15.7 Å². The summed E-state index contributed by atoms with van der Waals surface area (Å²) in [5, 5.41) is 29.4. The molecule has 0 saturated heterocycles. The van der Waals surface area contributed by atoms with Crippen LogP contribution in [0.25, 0.3) is 0 Å². The van der Waals surface area contributed by atoms with Crippen molar-refractivity contribution in [1.82, 2.24) is 0 Å². The van der Waals surface area contributed by atoms with Crippen molar-refractivity contribution in [2.75, 3.05) is 19.0 Å². The van der Waals surface area contributed by atoms with Gasteiger partial charge in [-0.1, -0.05) is 0 Å². The van der Waals surface area contributed by atoms with E-state index in [0.717, 1.165) is 23.9 Å². The third-order valence-electron chi connectivity index (χ3n) is 3.24. The molecular weight excluding hydrogens is 360 g/mol. The molecule has 1 amide bonds. The molecule has 2 aromatic carbocycles. The van der Waals surface area contributed by atoms with E-state index >= 15 is 0 Å². The maximum absolute atomic E-state index is 10.7. The van der Waals surface area contributed by atoms with Crippen LogP contribution in [0.15, 0.2) is 42.5 Å². The number of non-ortho nitro benzene ring substituents is 2. The van der Waals surface area contributed by atoms with Crippen molar-refractivity contribution in [3.63, 3.8) is 0 Å². The summed E-state index contributed by atoms with van der Waals surface area (Å²) in [5.41, 5.74) is 4.83. The number of nitro groups is 2. The van der Waals surface area contributed by atoms with Gasteiger partial charge in [0, 0.05) is 31.9 Å². The smallest absolute Gasteiger partial charge is 0.335 e. The van der Waals surface area contributed by atoms with Crippen LogP contribution in [-0.2, 0) is 0 Å². The highest BCUT2D eigenvalue weighted by Crippen LogP contribution is 2.22. The molecule has 0 radical (unpaired) electrons. The number of nitro benzene ring substituents is 2. The van der Waals surface area contributed by atoms with E-state index in [1.54, 1.807) is 24.3 Å². The summed E-state index contributed by atoms with van der Waals surface area (Å²) in [7, 11) is 3.82. The van der Waals surface area contributed by atoms with Crippen LogP contribution in [0.1, 0.15) is 20.7 Å². The molecule has 2 aromatic rings. The van der Waals surface area contributed by atoms with Crippen molar-refractivity contribution in [3.8, 4) is 0 Å². The average Bonchev–Trinajstić information content (AvgIpc) is 2.61. The predicted molar refractivity (Wildman–Crippen MR) is 96.0 cm³/mol. The molecule has 0 aromatic heterocycles. The monoisotopic (exact) mass is 376 g/mol.